The van der Waals surface area contributed by atoms with Crippen molar-refractivity contribution in [3.8, 4) is 5.75 Å². The zero-order chi connectivity index (χ0) is 24.7. The number of ether oxygens (including phenoxy) is 2. The smallest absolute Gasteiger partial charge is 0.338 e. The lowest BCUT2D eigenvalue weighted by Crippen LogP contribution is -2.37. The Morgan fingerprint density at radius 3 is 2.35 bits per heavy atom. The van der Waals surface area contributed by atoms with Crippen molar-refractivity contribution >= 4 is 46.5 Å². The van der Waals surface area contributed by atoms with Gasteiger partial charge in [-0.1, -0.05) is 6.08 Å². The molecule has 0 unspecified atom stereocenters. The lowest BCUT2D eigenvalue weighted by molar-refractivity contribution is -0.124. The maximum absolute atomic E-state index is 13.3. The molecule has 2 aromatic carbocycles. The number of amides is 2. The van der Waals surface area contributed by atoms with Crippen LogP contribution in [-0.2, 0) is 14.3 Å². The molecule has 1 heterocycles. The topological polar surface area (TPSA) is 88.2 Å². The molecule has 34 heavy (non-hydrogen) atoms. The molecular formula is C25H27N3O5S. The van der Waals surface area contributed by atoms with Crippen LogP contribution >= 0.6 is 12.2 Å². The predicted molar refractivity (Wildman–Crippen MR) is 134 cm³/mol. The second-order valence-corrected chi connectivity index (χ2v) is 7.76. The van der Waals surface area contributed by atoms with Gasteiger partial charge in [0.05, 0.1) is 30.9 Å². The van der Waals surface area contributed by atoms with Gasteiger partial charge in [-0.15, -0.1) is 6.58 Å². The van der Waals surface area contributed by atoms with Gasteiger partial charge < -0.3 is 19.7 Å². The van der Waals surface area contributed by atoms with Crippen LogP contribution in [-0.4, -0.2) is 53.6 Å². The van der Waals surface area contributed by atoms with Crippen LogP contribution in [0, 0.1) is 0 Å². The molecule has 178 valence electrons. The van der Waals surface area contributed by atoms with Gasteiger partial charge in [0.2, 0.25) is 5.91 Å². The summed E-state index contributed by atoms with van der Waals surface area (Å²) in [6.07, 6.45) is 1.54. The third-order valence-electron chi connectivity index (χ3n) is 5.11. The van der Waals surface area contributed by atoms with E-state index in [0.717, 1.165) is 0 Å². The van der Waals surface area contributed by atoms with E-state index in [1.807, 2.05) is 6.92 Å². The number of carbonyl (C=O) groups is 3. The van der Waals surface area contributed by atoms with E-state index in [1.54, 1.807) is 66.4 Å². The SMILES string of the molecule is C=CCN1C(=S)N(c2ccc(OCC)cc2)C(=O)[C@@H]1CC(=O)Nc1ccc(C(=O)OCC)cc1. The van der Waals surface area contributed by atoms with Gasteiger partial charge in [0, 0.05) is 12.2 Å². The molecule has 0 bridgehead atoms. The Labute approximate surface area is 204 Å². The highest BCUT2D eigenvalue weighted by Gasteiger charge is 2.43. The van der Waals surface area contributed by atoms with Crippen LogP contribution in [0.15, 0.2) is 61.2 Å². The van der Waals surface area contributed by atoms with Crippen LogP contribution in [0.1, 0.15) is 30.6 Å². The third-order valence-corrected chi connectivity index (χ3v) is 5.53. The summed E-state index contributed by atoms with van der Waals surface area (Å²) >= 11 is 5.57. The van der Waals surface area contributed by atoms with Gasteiger partial charge >= 0.3 is 5.97 Å². The van der Waals surface area contributed by atoms with Crippen LogP contribution in [0.3, 0.4) is 0 Å². The fourth-order valence-electron chi connectivity index (χ4n) is 3.57. The van der Waals surface area contributed by atoms with E-state index in [-0.39, 0.29) is 24.8 Å². The quantitative estimate of drug-likeness (QED) is 0.314. The summed E-state index contributed by atoms with van der Waals surface area (Å²) in [6.45, 7) is 8.51. The Morgan fingerprint density at radius 1 is 1.09 bits per heavy atom. The molecule has 1 fully saturated rings. The first kappa shape index (κ1) is 24.9. The summed E-state index contributed by atoms with van der Waals surface area (Å²) in [5.74, 6) is -0.381. The van der Waals surface area contributed by atoms with Gasteiger partial charge in [0.1, 0.15) is 11.8 Å². The largest absolute Gasteiger partial charge is 0.494 e. The monoisotopic (exact) mass is 481 g/mol. The van der Waals surface area contributed by atoms with E-state index in [4.69, 9.17) is 21.7 Å². The van der Waals surface area contributed by atoms with E-state index in [2.05, 4.69) is 11.9 Å². The molecule has 1 saturated heterocycles. The fourth-order valence-corrected chi connectivity index (χ4v) is 3.96. The van der Waals surface area contributed by atoms with Crippen LogP contribution in [0.2, 0.25) is 0 Å². The first-order chi connectivity index (χ1) is 16.4. The number of hydrogen-bond donors (Lipinski definition) is 1. The highest BCUT2D eigenvalue weighted by Crippen LogP contribution is 2.29. The van der Waals surface area contributed by atoms with Crippen molar-refractivity contribution in [2.75, 3.05) is 30.0 Å². The molecule has 1 aliphatic heterocycles. The number of hydrogen-bond acceptors (Lipinski definition) is 6. The molecule has 1 aliphatic rings. The van der Waals surface area contributed by atoms with Gasteiger partial charge in [0.15, 0.2) is 5.11 Å². The maximum atomic E-state index is 13.3. The minimum atomic E-state index is -0.768. The summed E-state index contributed by atoms with van der Waals surface area (Å²) in [5.41, 5.74) is 1.49. The predicted octanol–water partition coefficient (Wildman–Crippen LogP) is 3.78. The third kappa shape index (κ3) is 5.60. The zero-order valence-corrected chi connectivity index (χ0v) is 20.0. The molecule has 9 heteroatoms. The number of esters is 1. The van der Waals surface area contributed by atoms with Crippen molar-refractivity contribution in [1.29, 1.82) is 0 Å². The highest BCUT2D eigenvalue weighted by atomic mass is 32.1. The number of thiocarbonyl (C=S) groups is 1. The Bertz CT molecular complexity index is 1070. The molecule has 1 N–H and O–H groups in total. The Kier molecular flexibility index (Phi) is 8.37. The lowest BCUT2D eigenvalue weighted by Gasteiger charge is -2.22. The van der Waals surface area contributed by atoms with Crippen molar-refractivity contribution < 1.29 is 23.9 Å². The number of carbonyl (C=O) groups excluding carboxylic acids is 3. The van der Waals surface area contributed by atoms with Gasteiger partial charge in [-0.3, -0.25) is 14.5 Å². The van der Waals surface area contributed by atoms with Crippen molar-refractivity contribution in [3.05, 3.63) is 66.7 Å². The highest BCUT2D eigenvalue weighted by molar-refractivity contribution is 7.80. The number of anilines is 2. The van der Waals surface area contributed by atoms with E-state index >= 15 is 0 Å². The van der Waals surface area contributed by atoms with E-state index in [1.165, 1.54) is 4.90 Å². The molecule has 8 nitrogen and oxygen atoms in total. The van der Waals surface area contributed by atoms with Gasteiger partial charge in [0.25, 0.3) is 5.91 Å². The van der Waals surface area contributed by atoms with Crippen LogP contribution < -0.4 is 15.0 Å². The average molecular weight is 482 g/mol. The number of nitrogens with zero attached hydrogens (tertiary/aromatic N) is 2. The summed E-state index contributed by atoms with van der Waals surface area (Å²) < 4.78 is 10.4. The minimum absolute atomic E-state index is 0.0973. The first-order valence-electron chi connectivity index (χ1n) is 10.9. The van der Waals surface area contributed by atoms with Crippen molar-refractivity contribution in [3.63, 3.8) is 0 Å². The summed E-state index contributed by atoms with van der Waals surface area (Å²) in [4.78, 5) is 41.0. The normalized spacial score (nSPS) is 15.3. The standard InChI is InChI=1S/C25H27N3O5S/c1-4-15-27-21(16-22(29)26-18-9-7-17(8-10-18)24(31)33-6-3)23(30)28(25(27)34)19-11-13-20(14-12-19)32-5-2/h4,7-14,21H,1,5-6,15-16H2,2-3H3,(H,26,29)/t21-/m0/s1. The van der Waals surface area contributed by atoms with Crippen LogP contribution in [0.5, 0.6) is 5.75 Å². The molecule has 0 aromatic heterocycles. The molecule has 0 radical (unpaired) electrons. The molecule has 2 aromatic rings. The number of benzene rings is 2. The summed E-state index contributed by atoms with van der Waals surface area (Å²) in [5, 5.41) is 3.08. The molecule has 1 atom stereocenters. The fraction of sp³-hybridized carbons (Fsp3) is 0.280. The maximum Gasteiger partial charge on any atom is 0.338 e. The lowest BCUT2D eigenvalue weighted by atomic mass is 10.1. The molecule has 0 aliphatic carbocycles. The molecule has 2 amide bonds. The van der Waals surface area contributed by atoms with Crippen molar-refractivity contribution in [2.45, 2.75) is 26.3 Å². The van der Waals surface area contributed by atoms with Crippen LogP contribution in [0.4, 0.5) is 11.4 Å². The summed E-state index contributed by atoms with van der Waals surface area (Å²) in [7, 11) is 0. The summed E-state index contributed by atoms with van der Waals surface area (Å²) in [6, 6.07) is 12.7. The zero-order valence-electron chi connectivity index (χ0n) is 19.2. The van der Waals surface area contributed by atoms with E-state index in [0.29, 0.717) is 41.0 Å². The van der Waals surface area contributed by atoms with E-state index in [9.17, 15) is 14.4 Å². The molecule has 0 spiro atoms. The molecule has 0 saturated carbocycles. The molecule has 3 rings (SSSR count). The Morgan fingerprint density at radius 2 is 1.76 bits per heavy atom. The Hall–Kier alpha value is -3.72. The Balaban J connectivity index is 1.72. The van der Waals surface area contributed by atoms with Gasteiger partial charge in [-0.05, 0) is 74.6 Å². The average Bonchev–Trinajstić information content (AvgIpc) is 3.05. The first-order valence-corrected chi connectivity index (χ1v) is 11.4. The van der Waals surface area contributed by atoms with Crippen molar-refractivity contribution in [2.24, 2.45) is 0 Å². The van der Waals surface area contributed by atoms with Crippen molar-refractivity contribution in [1.82, 2.24) is 4.90 Å². The number of rotatable bonds is 10. The second kappa shape index (κ2) is 11.4. The molecular weight excluding hydrogens is 454 g/mol. The van der Waals surface area contributed by atoms with Crippen LogP contribution in [0.25, 0.3) is 0 Å². The minimum Gasteiger partial charge on any atom is -0.494 e. The van der Waals surface area contributed by atoms with Gasteiger partial charge in [-0.25, -0.2) is 4.79 Å². The van der Waals surface area contributed by atoms with E-state index < -0.39 is 12.0 Å². The second-order valence-electron chi connectivity index (χ2n) is 7.39. The van der Waals surface area contributed by atoms with Gasteiger partial charge in [-0.2, -0.15) is 0 Å². The number of nitrogens with one attached hydrogen (secondary N) is 1.